The fraction of sp³-hybridized carbons (Fsp3) is 0.625. The van der Waals surface area contributed by atoms with E-state index in [0.29, 0.717) is 45.6 Å². The molecule has 0 radical (unpaired) electrons. The Hall–Kier alpha value is -2.48. The quantitative estimate of drug-likeness (QED) is 0.689. The van der Waals surface area contributed by atoms with Gasteiger partial charge in [0.25, 0.3) is 0 Å². The Morgan fingerprint density at radius 1 is 1.00 bits per heavy atom. The van der Waals surface area contributed by atoms with E-state index in [1.807, 2.05) is 23.9 Å². The Balaban J connectivity index is 1.45. The third-order valence-corrected chi connectivity index (χ3v) is 6.43. The number of likely N-dealkylation sites (N-methyl/N-ethyl adjacent to an activating group) is 1. The fourth-order valence-corrected chi connectivity index (χ4v) is 4.46. The highest BCUT2D eigenvalue weighted by molar-refractivity contribution is 5.83. The third kappa shape index (κ3) is 6.76. The van der Waals surface area contributed by atoms with E-state index in [1.54, 1.807) is 17.0 Å². The number of halogens is 1. The largest absolute Gasteiger partial charge is 0.355 e. The topological polar surface area (TPSA) is 73.0 Å². The molecule has 3 amide bonds. The second-order valence-electron chi connectivity index (χ2n) is 9.18. The van der Waals surface area contributed by atoms with E-state index < -0.39 is 0 Å². The summed E-state index contributed by atoms with van der Waals surface area (Å²) in [6.45, 7) is 3.70. The summed E-state index contributed by atoms with van der Waals surface area (Å²) >= 11 is 0. The van der Waals surface area contributed by atoms with Gasteiger partial charge in [-0.25, -0.2) is 4.39 Å². The zero-order valence-electron chi connectivity index (χ0n) is 19.2. The van der Waals surface area contributed by atoms with Crippen molar-refractivity contribution in [1.29, 1.82) is 0 Å². The van der Waals surface area contributed by atoms with Gasteiger partial charge in [-0.15, -0.1) is 0 Å². The van der Waals surface area contributed by atoms with Crippen molar-refractivity contribution < 1.29 is 18.8 Å². The van der Waals surface area contributed by atoms with Gasteiger partial charge in [-0.3, -0.25) is 14.4 Å². The van der Waals surface area contributed by atoms with Crippen molar-refractivity contribution in [1.82, 2.24) is 20.0 Å². The molecule has 8 heteroatoms. The molecule has 1 aromatic rings. The van der Waals surface area contributed by atoms with Crippen molar-refractivity contribution in [2.75, 3.05) is 53.4 Å². The smallest absolute Gasteiger partial charge is 0.227 e. The van der Waals surface area contributed by atoms with Crippen LogP contribution in [-0.4, -0.2) is 85.8 Å². The van der Waals surface area contributed by atoms with Crippen molar-refractivity contribution in [3.05, 3.63) is 35.6 Å². The standard InChI is InChI=1S/C24H35FN4O3/c1-27(2)15-11-26-23(31)19-9-13-28(14-10-19)24(32)20-4-3-12-29(17-20)22(30)16-18-5-7-21(25)8-6-18/h5-8,19-20H,3-4,9-17H2,1-2H3,(H,26,31). The fourth-order valence-electron chi connectivity index (χ4n) is 4.46. The van der Waals surface area contributed by atoms with Crippen LogP contribution in [0.4, 0.5) is 4.39 Å². The minimum atomic E-state index is -0.320. The molecule has 7 nitrogen and oxygen atoms in total. The number of carbonyl (C=O) groups is 3. The van der Waals surface area contributed by atoms with Crippen LogP contribution < -0.4 is 5.32 Å². The number of nitrogens with zero attached hydrogens (tertiary/aromatic N) is 3. The van der Waals surface area contributed by atoms with E-state index in [-0.39, 0.29) is 41.8 Å². The SMILES string of the molecule is CN(C)CCNC(=O)C1CCN(C(=O)C2CCCN(C(=O)Cc3ccc(F)cc3)C2)CC1. The summed E-state index contributed by atoms with van der Waals surface area (Å²) in [7, 11) is 3.94. The first kappa shape index (κ1) is 24.2. The Labute approximate surface area is 189 Å². The van der Waals surface area contributed by atoms with Crippen LogP contribution in [0, 0.1) is 17.7 Å². The van der Waals surface area contributed by atoms with E-state index in [2.05, 4.69) is 5.32 Å². The molecule has 1 aromatic carbocycles. The number of hydrogen-bond acceptors (Lipinski definition) is 4. The van der Waals surface area contributed by atoms with Crippen LogP contribution in [0.3, 0.4) is 0 Å². The number of hydrogen-bond donors (Lipinski definition) is 1. The van der Waals surface area contributed by atoms with Crippen LogP contribution in [0.1, 0.15) is 31.2 Å². The summed E-state index contributed by atoms with van der Waals surface area (Å²) in [5.74, 6) is -0.403. The van der Waals surface area contributed by atoms with Crippen LogP contribution in [0.5, 0.6) is 0 Å². The van der Waals surface area contributed by atoms with Crippen LogP contribution in [0.2, 0.25) is 0 Å². The van der Waals surface area contributed by atoms with Crippen LogP contribution >= 0.6 is 0 Å². The Bertz CT molecular complexity index is 791. The minimum Gasteiger partial charge on any atom is -0.355 e. The lowest BCUT2D eigenvalue weighted by Gasteiger charge is -2.37. The average Bonchev–Trinajstić information content (AvgIpc) is 2.80. The van der Waals surface area contributed by atoms with E-state index >= 15 is 0 Å². The highest BCUT2D eigenvalue weighted by Crippen LogP contribution is 2.24. The number of carbonyl (C=O) groups excluding carboxylic acids is 3. The molecule has 1 N–H and O–H groups in total. The van der Waals surface area contributed by atoms with Crippen molar-refractivity contribution in [2.45, 2.75) is 32.1 Å². The number of piperidine rings is 2. The molecule has 1 unspecified atom stereocenters. The second-order valence-corrected chi connectivity index (χ2v) is 9.18. The molecule has 2 saturated heterocycles. The van der Waals surface area contributed by atoms with Crippen molar-refractivity contribution in [2.24, 2.45) is 11.8 Å². The molecule has 32 heavy (non-hydrogen) atoms. The molecule has 0 aliphatic carbocycles. The van der Waals surface area contributed by atoms with Crippen molar-refractivity contribution >= 4 is 17.7 Å². The van der Waals surface area contributed by atoms with Crippen molar-refractivity contribution in [3.8, 4) is 0 Å². The molecule has 0 saturated carbocycles. The molecule has 176 valence electrons. The summed E-state index contributed by atoms with van der Waals surface area (Å²) in [6, 6.07) is 5.97. The molecule has 3 rings (SSSR count). The van der Waals surface area contributed by atoms with E-state index in [9.17, 15) is 18.8 Å². The molecular weight excluding hydrogens is 411 g/mol. The summed E-state index contributed by atoms with van der Waals surface area (Å²) in [6.07, 6.45) is 3.16. The second kappa shape index (κ2) is 11.4. The first-order chi connectivity index (χ1) is 15.3. The summed E-state index contributed by atoms with van der Waals surface area (Å²) in [5, 5.41) is 2.98. The number of likely N-dealkylation sites (tertiary alicyclic amines) is 2. The lowest BCUT2D eigenvalue weighted by molar-refractivity contribution is -0.143. The van der Waals surface area contributed by atoms with Gasteiger partial charge in [0.2, 0.25) is 17.7 Å². The molecule has 1 atom stereocenters. The number of rotatable bonds is 7. The van der Waals surface area contributed by atoms with Crippen LogP contribution in [0.25, 0.3) is 0 Å². The molecule has 0 bridgehead atoms. The highest BCUT2D eigenvalue weighted by Gasteiger charge is 2.34. The van der Waals surface area contributed by atoms with E-state index in [0.717, 1.165) is 24.9 Å². The molecule has 0 aromatic heterocycles. The van der Waals surface area contributed by atoms with E-state index in [4.69, 9.17) is 0 Å². The van der Waals surface area contributed by atoms with Gasteiger partial charge in [0.15, 0.2) is 0 Å². The summed E-state index contributed by atoms with van der Waals surface area (Å²) < 4.78 is 13.1. The molecule has 2 fully saturated rings. The van der Waals surface area contributed by atoms with Gasteiger partial charge in [-0.1, -0.05) is 12.1 Å². The maximum absolute atomic E-state index is 13.1. The monoisotopic (exact) mass is 446 g/mol. The molecule has 2 aliphatic rings. The Morgan fingerprint density at radius 3 is 2.34 bits per heavy atom. The van der Waals surface area contributed by atoms with Gasteiger partial charge in [-0.05, 0) is 57.5 Å². The predicted molar refractivity (Wildman–Crippen MR) is 120 cm³/mol. The molecular formula is C24H35FN4O3. The normalized spacial score (nSPS) is 19.8. The maximum Gasteiger partial charge on any atom is 0.227 e. The van der Waals surface area contributed by atoms with Gasteiger partial charge in [-0.2, -0.15) is 0 Å². The zero-order chi connectivity index (χ0) is 23.1. The van der Waals surface area contributed by atoms with Gasteiger partial charge in [0.1, 0.15) is 5.82 Å². The number of amides is 3. The first-order valence-corrected chi connectivity index (χ1v) is 11.6. The van der Waals surface area contributed by atoms with E-state index in [1.165, 1.54) is 12.1 Å². The lowest BCUT2D eigenvalue weighted by Crippen LogP contribution is -2.50. The predicted octanol–water partition coefficient (Wildman–Crippen LogP) is 1.52. The van der Waals surface area contributed by atoms with Crippen molar-refractivity contribution in [3.63, 3.8) is 0 Å². The van der Waals surface area contributed by atoms with Gasteiger partial charge < -0.3 is 20.0 Å². The van der Waals surface area contributed by atoms with Crippen LogP contribution in [-0.2, 0) is 20.8 Å². The van der Waals surface area contributed by atoms with Gasteiger partial charge in [0, 0.05) is 45.2 Å². The summed E-state index contributed by atoms with van der Waals surface area (Å²) in [5.41, 5.74) is 0.774. The lowest BCUT2D eigenvalue weighted by atomic mass is 9.92. The molecule has 2 aliphatic heterocycles. The Morgan fingerprint density at radius 2 is 1.69 bits per heavy atom. The van der Waals surface area contributed by atoms with Gasteiger partial charge >= 0.3 is 0 Å². The minimum absolute atomic E-state index is 0.0257. The Kier molecular flexibility index (Phi) is 8.61. The molecule has 0 spiro atoms. The zero-order valence-corrected chi connectivity index (χ0v) is 19.2. The third-order valence-electron chi connectivity index (χ3n) is 6.43. The van der Waals surface area contributed by atoms with Gasteiger partial charge in [0.05, 0.1) is 12.3 Å². The number of benzene rings is 1. The maximum atomic E-state index is 13.1. The number of nitrogens with one attached hydrogen (secondary N) is 1. The highest BCUT2D eigenvalue weighted by atomic mass is 19.1. The average molecular weight is 447 g/mol. The first-order valence-electron chi connectivity index (χ1n) is 11.6. The molecule has 2 heterocycles. The summed E-state index contributed by atoms with van der Waals surface area (Å²) in [4.78, 5) is 43.8. The van der Waals surface area contributed by atoms with Crippen LogP contribution in [0.15, 0.2) is 24.3 Å².